The van der Waals surface area contributed by atoms with Crippen molar-refractivity contribution in [1.82, 2.24) is 15.5 Å². The lowest BCUT2D eigenvalue weighted by Gasteiger charge is -2.29. The van der Waals surface area contributed by atoms with Gasteiger partial charge in [0.1, 0.15) is 5.75 Å². The predicted molar refractivity (Wildman–Crippen MR) is 141 cm³/mol. The molecule has 0 aliphatic carbocycles. The molecule has 1 aliphatic heterocycles. The normalized spacial score (nSPS) is 13.1. The highest BCUT2D eigenvalue weighted by atomic mass is 127. The van der Waals surface area contributed by atoms with Crippen LogP contribution in [0, 0.1) is 6.92 Å². The highest BCUT2D eigenvalue weighted by Gasteiger charge is 2.19. The van der Waals surface area contributed by atoms with Gasteiger partial charge in [-0.05, 0) is 48.9 Å². The number of hydrogen-bond acceptors (Lipinski definition) is 3. The topological polar surface area (TPSA) is 66.0 Å². The lowest BCUT2D eigenvalue weighted by molar-refractivity contribution is -0.132. The molecule has 0 fully saturated rings. The summed E-state index contributed by atoms with van der Waals surface area (Å²) in [6, 6.07) is 14.6. The number of guanidine groups is 1. The molecule has 0 unspecified atom stereocenters. The van der Waals surface area contributed by atoms with Crippen LogP contribution in [0.5, 0.6) is 5.75 Å². The Bertz CT molecular complexity index is 917. The maximum Gasteiger partial charge on any atom is 0.222 e. The summed E-state index contributed by atoms with van der Waals surface area (Å²) in [5.41, 5.74) is 5.04. The molecule has 1 aliphatic rings. The van der Waals surface area contributed by atoms with Crippen molar-refractivity contribution >= 4 is 35.8 Å². The van der Waals surface area contributed by atoms with Crippen LogP contribution < -0.4 is 15.4 Å². The predicted octanol–water partition coefficient (Wildman–Crippen LogP) is 3.69. The molecule has 2 aromatic carbocycles. The molecule has 174 valence electrons. The summed E-state index contributed by atoms with van der Waals surface area (Å²) < 4.78 is 5.45. The molecule has 0 atom stereocenters. The van der Waals surface area contributed by atoms with Crippen molar-refractivity contribution in [1.29, 1.82) is 0 Å². The summed E-state index contributed by atoms with van der Waals surface area (Å²) in [4.78, 5) is 18.8. The Morgan fingerprint density at radius 2 is 1.88 bits per heavy atom. The van der Waals surface area contributed by atoms with Gasteiger partial charge < -0.3 is 20.3 Å². The summed E-state index contributed by atoms with van der Waals surface area (Å²) in [5.74, 6) is 1.89. The van der Waals surface area contributed by atoms with Crippen molar-refractivity contribution in [3.05, 3.63) is 64.7 Å². The average Bonchev–Trinajstić information content (AvgIpc) is 2.80. The number of aliphatic imine (C=N–C) groups is 1. The number of amides is 1. The Morgan fingerprint density at radius 1 is 1.12 bits per heavy atom. The number of methoxy groups -OCH3 is 1. The van der Waals surface area contributed by atoms with Crippen molar-refractivity contribution in [2.75, 3.05) is 33.8 Å². The van der Waals surface area contributed by atoms with E-state index in [0.29, 0.717) is 13.0 Å². The zero-order valence-corrected chi connectivity index (χ0v) is 21.6. The molecule has 0 bridgehead atoms. The molecule has 0 spiro atoms. The van der Waals surface area contributed by atoms with Gasteiger partial charge in [-0.15, -0.1) is 24.0 Å². The number of nitrogens with zero attached hydrogens (tertiary/aromatic N) is 2. The Labute approximate surface area is 208 Å². The highest BCUT2D eigenvalue weighted by molar-refractivity contribution is 14.0. The van der Waals surface area contributed by atoms with Crippen molar-refractivity contribution < 1.29 is 9.53 Å². The van der Waals surface area contributed by atoms with Gasteiger partial charge in [0.05, 0.1) is 7.11 Å². The van der Waals surface area contributed by atoms with Gasteiger partial charge in [0, 0.05) is 39.6 Å². The van der Waals surface area contributed by atoms with E-state index in [-0.39, 0.29) is 29.9 Å². The van der Waals surface area contributed by atoms with Crippen LogP contribution in [-0.2, 0) is 24.2 Å². The third-order valence-corrected chi connectivity index (χ3v) is 5.69. The van der Waals surface area contributed by atoms with Crippen LogP contribution in [0.2, 0.25) is 0 Å². The number of carbonyl (C=O) groups is 1. The number of hydrogen-bond donors (Lipinski definition) is 2. The Hall–Kier alpha value is -2.29. The molecule has 1 heterocycles. The van der Waals surface area contributed by atoms with Gasteiger partial charge in [-0.3, -0.25) is 9.79 Å². The fourth-order valence-electron chi connectivity index (χ4n) is 3.95. The van der Waals surface area contributed by atoms with E-state index in [1.807, 2.05) is 17.0 Å². The van der Waals surface area contributed by atoms with E-state index in [0.717, 1.165) is 50.6 Å². The van der Waals surface area contributed by atoms with Crippen LogP contribution in [0.3, 0.4) is 0 Å². The van der Waals surface area contributed by atoms with Crippen LogP contribution in [0.4, 0.5) is 0 Å². The van der Waals surface area contributed by atoms with Crippen molar-refractivity contribution in [2.45, 2.75) is 39.2 Å². The van der Waals surface area contributed by atoms with Crippen LogP contribution >= 0.6 is 24.0 Å². The molecule has 7 heteroatoms. The van der Waals surface area contributed by atoms with E-state index in [4.69, 9.17) is 4.74 Å². The average molecular weight is 550 g/mol. The molecule has 0 saturated heterocycles. The van der Waals surface area contributed by atoms with Gasteiger partial charge in [-0.25, -0.2) is 0 Å². The second-order valence-corrected chi connectivity index (χ2v) is 7.93. The summed E-state index contributed by atoms with van der Waals surface area (Å²) in [5, 5.41) is 6.65. The molecule has 2 N–H and O–H groups in total. The number of ether oxygens (including phenoxy) is 1. The van der Waals surface area contributed by atoms with E-state index in [1.165, 1.54) is 22.3 Å². The molecule has 0 saturated carbocycles. The first-order valence-corrected chi connectivity index (χ1v) is 11.0. The summed E-state index contributed by atoms with van der Waals surface area (Å²) in [6.07, 6.45) is 3.12. The first kappa shape index (κ1) is 26.0. The number of rotatable bonds is 8. The van der Waals surface area contributed by atoms with Gasteiger partial charge in [0.2, 0.25) is 5.91 Å². The first-order chi connectivity index (χ1) is 15.1. The Morgan fingerprint density at radius 3 is 2.62 bits per heavy atom. The van der Waals surface area contributed by atoms with E-state index in [9.17, 15) is 4.79 Å². The lowest BCUT2D eigenvalue weighted by atomic mass is 9.99. The van der Waals surface area contributed by atoms with Crippen LogP contribution in [0.1, 0.15) is 35.1 Å². The third kappa shape index (κ3) is 7.39. The number of carbonyl (C=O) groups excluding carboxylic acids is 1. The van der Waals surface area contributed by atoms with Gasteiger partial charge in [0.15, 0.2) is 5.96 Å². The maximum atomic E-state index is 12.6. The molecular formula is C25H35IN4O2. The highest BCUT2D eigenvalue weighted by Crippen LogP contribution is 2.20. The first-order valence-electron chi connectivity index (χ1n) is 11.0. The quantitative estimate of drug-likeness (QED) is 0.228. The van der Waals surface area contributed by atoms with Crippen molar-refractivity contribution in [3.8, 4) is 5.75 Å². The number of halogens is 1. The minimum atomic E-state index is 0. The van der Waals surface area contributed by atoms with Crippen molar-refractivity contribution in [2.24, 2.45) is 4.99 Å². The molecule has 0 radical (unpaired) electrons. The number of fused-ring (bicyclic) bond motifs is 1. The van der Waals surface area contributed by atoms with Gasteiger partial charge in [-0.1, -0.05) is 42.0 Å². The second-order valence-electron chi connectivity index (χ2n) is 7.93. The van der Waals surface area contributed by atoms with Crippen LogP contribution in [-0.4, -0.2) is 50.6 Å². The van der Waals surface area contributed by atoms with E-state index in [1.54, 1.807) is 14.2 Å². The third-order valence-electron chi connectivity index (χ3n) is 5.69. The maximum absolute atomic E-state index is 12.6. The van der Waals surface area contributed by atoms with Gasteiger partial charge in [0.25, 0.3) is 0 Å². The molecule has 6 nitrogen and oxygen atoms in total. The zero-order valence-electron chi connectivity index (χ0n) is 19.3. The Kier molecular flexibility index (Phi) is 10.8. The number of aryl methyl sites for hydroxylation is 1. The van der Waals surface area contributed by atoms with Crippen LogP contribution in [0.15, 0.2) is 47.5 Å². The fourth-order valence-corrected chi connectivity index (χ4v) is 3.95. The Balaban J connectivity index is 0.00000363. The minimum absolute atomic E-state index is 0. The summed E-state index contributed by atoms with van der Waals surface area (Å²) in [7, 11) is 3.46. The fraction of sp³-hybridized carbons (Fsp3) is 0.440. The van der Waals surface area contributed by atoms with E-state index in [2.05, 4.69) is 52.9 Å². The molecule has 0 aromatic heterocycles. The minimum Gasteiger partial charge on any atom is -0.496 e. The monoisotopic (exact) mass is 550 g/mol. The van der Waals surface area contributed by atoms with Gasteiger partial charge in [-0.2, -0.15) is 0 Å². The molecule has 2 aromatic rings. The standard InChI is InChI=1S/C25H34N4O2.HI/c1-19-10-11-23(31-3)21(17-19)12-15-28-25(26-2)27-14-6-9-24(30)29-16-13-20-7-4-5-8-22(20)18-29;/h4-5,7-8,10-11,17H,6,9,12-16,18H2,1-3H3,(H2,26,27,28);1H. The molecular weight excluding hydrogens is 515 g/mol. The number of benzene rings is 2. The van der Waals surface area contributed by atoms with E-state index >= 15 is 0 Å². The van der Waals surface area contributed by atoms with Gasteiger partial charge >= 0.3 is 0 Å². The molecule has 3 rings (SSSR count). The van der Waals surface area contributed by atoms with Crippen LogP contribution in [0.25, 0.3) is 0 Å². The smallest absolute Gasteiger partial charge is 0.222 e. The molecule has 32 heavy (non-hydrogen) atoms. The van der Waals surface area contributed by atoms with E-state index < -0.39 is 0 Å². The second kappa shape index (κ2) is 13.3. The summed E-state index contributed by atoms with van der Waals surface area (Å²) in [6.45, 7) is 5.10. The molecule has 1 amide bonds. The largest absolute Gasteiger partial charge is 0.496 e. The number of nitrogens with one attached hydrogen (secondary N) is 2. The lowest BCUT2D eigenvalue weighted by Crippen LogP contribution is -2.39. The van der Waals surface area contributed by atoms with Crippen molar-refractivity contribution in [3.63, 3.8) is 0 Å². The summed E-state index contributed by atoms with van der Waals surface area (Å²) >= 11 is 0. The SMILES string of the molecule is CN=C(NCCCC(=O)N1CCc2ccccc2C1)NCCc1cc(C)ccc1OC.I. The zero-order chi connectivity index (χ0) is 22.1.